The number of piperidine rings is 1. The van der Waals surface area contributed by atoms with E-state index in [0.29, 0.717) is 17.6 Å². The van der Waals surface area contributed by atoms with Crippen LogP contribution in [0.3, 0.4) is 0 Å². The SMILES string of the molecule is CC(C)N1CC2(CCN(CC3CCC(OC4CCN(C)CC4)CC3)C2)C1. The molecule has 26 heavy (non-hydrogen) atoms. The number of nitrogens with zero attached hydrogens (tertiary/aromatic N) is 3. The summed E-state index contributed by atoms with van der Waals surface area (Å²) in [6.07, 6.45) is 10.4. The first-order chi connectivity index (χ1) is 12.5. The van der Waals surface area contributed by atoms with E-state index >= 15 is 0 Å². The molecule has 3 heterocycles. The van der Waals surface area contributed by atoms with Crippen molar-refractivity contribution in [2.45, 2.75) is 77.0 Å². The van der Waals surface area contributed by atoms with E-state index in [1.807, 2.05) is 0 Å². The third kappa shape index (κ3) is 4.45. The van der Waals surface area contributed by atoms with Crippen molar-refractivity contribution < 1.29 is 4.74 Å². The van der Waals surface area contributed by atoms with Gasteiger partial charge in [-0.2, -0.15) is 0 Å². The minimum atomic E-state index is 0.536. The van der Waals surface area contributed by atoms with Crippen LogP contribution in [0.1, 0.15) is 58.8 Å². The number of hydrogen-bond acceptors (Lipinski definition) is 4. The number of likely N-dealkylation sites (tertiary alicyclic amines) is 3. The summed E-state index contributed by atoms with van der Waals surface area (Å²) in [5.74, 6) is 0.920. The van der Waals surface area contributed by atoms with Gasteiger partial charge in [-0.3, -0.25) is 4.90 Å². The van der Waals surface area contributed by atoms with Crippen molar-refractivity contribution in [3.63, 3.8) is 0 Å². The Hall–Kier alpha value is -0.160. The predicted octanol–water partition coefficient (Wildman–Crippen LogP) is 3.07. The van der Waals surface area contributed by atoms with E-state index in [-0.39, 0.29) is 0 Å². The lowest BCUT2D eigenvalue weighted by molar-refractivity contribution is -0.0602. The molecule has 4 heteroatoms. The smallest absolute Gasteiger partial charge is 0.0603 e. The predicted molar refractivity (Wildman–Crippen MR) is 108 cm³/mol. The largest absolute Gasteiger partial charge is 0.375 e. The van der Waals surface area contributed by atoms with E-state index in [0.717, 1.165) is 12.0 Å². The first-order valence-electron chi connectivity index (χ1n) is 11.3. The van der Waals surface area contributed by atoms with Gasteiger partial charge in [0.05, 0.1) is 12.2 Å². The average molecular weight is 364 g/mol. The van der Waals surface area contributed by atoms with Crippen LogP contribution in [0, 0.1) is 11.3 Å². The quantitative estimate of drug-likeness (QED) is 0.747. The number of rotatable bonds is 5. The molecule has 4 aliphatic rings. The van der Waals surface area contributed by atoms with Gasteiger partial charge in [-0.25, -0.2) is 0 Å². The molecule has 0 aromatic rings. The lowest BCUT2D eigenvalue weighted by atomic mass is 9.78. The van der Waals surface area contributed by atoms with Crippen molar-refractivity contribution in [2.75, 3.05) is 52.9 Å². The lowest BCUT2D eigenvalue weighted by Crippen LogP contribution is -2.59. The van der Waals surface area contributed by atoms with Gasteiger partial charge in [0.1, 0.15) is 0 Å². The van der Waals surface area contributed by atoms with Gasteiger partial charge in [0, 0.05) is 50.7 Å². The first-order valence-corrected chi connectivity index (χ1v) is 11.3. The minimum absolute atomic E-state index is 0.536. The second kappa shape index (κ2) is 8.06. The Morgan fingerprint density at radius 1 is 0.885 bits per heavy atom. The first kappa shape index (κ1) is 19.2. The third-order valence-corrected chi connectivity index (χ3v) is 7.69. The van der Waals surface area contributed by atoms with Gasteiger partial charge in [0.25, 0.3) is 0 Å². The molecule has 0 aromatic carbocycles. The van der Waals surface area contributed by atoms with Gasteiger partial charge in [0.2, 0.25) is 0 Å². The van der Waals surface area contributed by atoms with Gasteiger partial charge in [-0.05, 0) is 78.3 Å². The highest BCUT2D eigenvalue weighted by Crippen LogP contribution is 2.41. The molecule has 0 N–H and O–H groups in total. The maximum atomic E-state index is 6.45. The zero-order valence-corrected chi connectivity index (χ0v) is 17.5. The molecule has 1 saturated carbocycles. The van der Waals surface area contributed by atoms with Crippen molar-refractivity contribution in [3.8, 4) is 0 Å². The summed E-state index contributed by atoms with van der Waals surface area (Å²) >= 11 is 0. The summed E-state index contributed by atoms with van der Waals surface area (Å²) in [6, 6.07) is 0.731. The maximum absolute atomic E-state index is 6.45. The van der Waals surface area contributed by atoms with Crippen LogP contribution in [-0.4, -0.2) is 85.8 Å². The van der Waals surface area contributed by atoms with Crippen LogP contribution in [0.5, 0.6) is 0 Å². The Balaban J connectivity index is 1.14. The summed E-state index contributed by atoms with van der Waals surface area (Å²) in [6.45, 7) is 13.9. The number of ether oxygens (including phenoxy) is 1. The normalized spacial score (nSPS) is 34.6. The molecule has 0 aromatic heterocycles. The molecule has 4 fully saturated rings. The van der Waals surface area contributed by atoms with Crippen molar-refractivity contribution >= 4 is 0 Å². The summed E-state index contributed by atoms with van der Waals surface area (Å²) in [4.78, 5) is 7.87. The summed E-state index contributed by atoms with van der Waals surface area (Å²) < 4.78 is 6.45. The van der Waals surface area contributed by atoms with Crippen LogP contribution < -0.4 is 0 Å². The van der Waals surface area contributed by atoms with Crippen LogP contribution in [0.15, 0.2) is 0 Å². The topological polar surface area (TPSA) is 19.0 Å². The number of hydrogen-bond donors (Lipinski definition) is 0. The minimum Gasteiger partial charge on any atom is -0.375 e. The van der Waals surface area contributed by atoms with E-state index in [9.17, 15) is 0 Å². The second-order valence-electron chi connectivity index (χ2n) is 10.3. The van der Waals surface area contributed by atoms with E-state index in [1.165, 1.54) is 90.8 Å². The highest BCUT2D eigenvalue weighted by Gasteiger charge is 2.48. The molecule has 0 bridgehead atoms. The standard InChI is InChI=1S/C22H41N3O/c1-18(2)25-16-22(17-25)10-13-24(15-22)14-19-4-6-20(7-5-19)26-21-8-11-23(3)12-9-21/h18-21H,4-17H2,1-3H3. The molecule has 4 rings (SSSR count). The molecule has 0 atom stereocenters. The fourth-order valence-corrected chi connectivity index (χ4v) is 5.83. The molecule has 150 valence electrons. The van der Waals surface area contributed by atoms with Crippen molar-refractivity contribution in [1.29, 1.82) is 0 Å². The van der Waals surface area contributed by atoms with E-state index in [4.69, 9.17) is 4.74 Å². The molecule has 0 amide bonds. The van der Waals surface area contributed by atoms with Crippen molar-refractivity contribution in [2.24, 2.45) is 11.3 Å². The highest BCUT2D eigenvalue weighted by atomic mass is 16.5. The molecule has 0 unspecified atom stereocenters. The fraction of sp³-hybridized carbons (Fsp3) is 1.00. The maximum Gasteiger partial charge on any atom is 0.0603 e. The summed E-state index contributed by atoms with van der Waals surface area (Å²) in [7, 11) is 2.23. The highest BCUT2D eigenvalue weighted by molar-refractivity contribution is 5.02. The van der Waals surface area contributed by atoms with Gasteiger partial charge in [0.15, 0.2) is 0 Å². The van der Waals surface area contributed by atoms with Crippen LogP contribution >= 0.6 is 0 Å². The Labute approximate surface area is 161 Å². The van der Waals surface area contributed by atoms with Crippen LogP contribution in [0.25, 0.3) is 0 Å². The summed E-state index contributed by atoms with van der Waals surface area (Å²) in [5, 5.41) is 0. The van der Waals surface area contributed by atoms with Crippen LogP contribution in [0.4, 0.5) is 0 Å². The zero-order chi connectivity index (χ0) is 18.1. The molecule has 3 saturated heterocycles. The molecule has 1 aliphatic carbocycles. The zero-order valence-electron chi connectivity index (χ0n) is 17.5. The van der Waals surface area contributed by atoms with Gasteiger partial charge in [-0.15, -0.1) is 0 Å². The van der Waals surface area contributed by atoms with Gasteiger partial charge in [-0.1, -0.05) is 0 Å². The third-order valence-electron chi connectivity index (χ3n) is 7.69. The second-order valence-corrected chi connectivity index (χ2v) is 10.3. The molecule has 4 nitrogen and oxygen atoms in total. The van der Waals surface area contributed by atoms with E-state index in [2.05, 4.69) is 35.6 Å². The van der Waals surface area contributed by atoms with Crippen LogP contribution in [-0.2, 0) is 4.74 Å². The Kier molecular flexibility index (Phi) is 5.95. The Bertz CT molecular complexity index is 446. The fourth-order valence-electron chi connectivity index (χ4n) is 5.83. The monoisotopic (exact) mass is 363 g/mol. The van der Waals surface area contributed by atoms with Crippen molar-refractivity contribution in [1.82, 2.24) is 14.7 Å². The molecule has 0 radical (unpaired) electrons. The Morgan fingerprint density at radius 2 is 1.54 bits per heavy atom. The van der Waals surface area contributed by atoms with Gasteiger partial charge < -0.3 is 14.5 Å². The van der Waals surface area contributed by atoms with Gasteiger partial charge >= 0.3 is 0 Å². The average Bonchev–Trinajstić information content (AvgIpc) is 3.01. The lowest BCUT2D eigenvalue weighted by Gasteiger charge is -2.50. The van der Waals surface area contributed by atoms with Crippen molar-refractivity contribution in [3.05, 3.63) is 0 Å². The molecule has 3 aliphatic heterocycles. The Morgan fingerprint density at radius 3 is 2.19 bits per heavy atom. The molecular weight excluding hydrogens is 322 g/mol. The molecular formula is C22H41N3O. The summed E-state index contributed by atoms with van der Waals surface area (Å²) in [5.41, 5.74) is 0.652. The van der Waals surface area contributed by atoms with Crippen LogP contribution in [0.2, 0.25) is 0 Å². The van der Waals surface area contributed by atoms with E-state index < -0.39 is 0 Å². The molecule has 1 spiro atoms. The van der Waals surface area contributed by atoms with E-state index in [1.54, 1.807) is 0 Å².